The molecule has 6 nitrogen and oxygen atoms in total. The van der Waals surface area contributed by atoms with Gasteiger partial charge in [0.1, 0.15) is 5.75 Å². The number of nitro benzene ring substituents is 1. The second-order valence-corrected chi connectivity index (χ2v) is 4.69. The van der Waals surface area contributed by atoms with Gasteiger partial charge in [-0.2, -0.15) is 0 Å². The van der Waals surface area contributed by atoms with Crippen molar-refractivity contribution in [3.05, 3.63) is 28.3 Å². The van der Waals surface area contributed by atoms with E-state index in [0.717, 1.165) is 12.8 Å². The summed E-state index contributed by atoms with van der Waals surface area (Å²) in [6.07, 6.45) is 2.33. The number of non-ortho nitro benzene ring substituents is 1. The highest BCUT2D eigenvalue weighted by Gasteiger charge is 2.31. The predicted octanol–water partition coefficient (Wildman–Crippen LogP) is 2.44. The van der Waals surface area contributed by atoms with Gasteiger partial charge in [0, 0.05) is 19.2 Å². The molecular formula is C13H18N2O4. The lowest BCUT2D eigenvalue weighted by atomic mass is 10.1. The summed E-state index contributed by atoms with van der Waals surface area (Å²) < 4.78 is 10.4. The molecule has 0 aliphatic heterocycles. The van der Waals surface area contributed by atoms with Crippen molar-refractivity contribution in [2.45, 2.75) is 18.9 Å². The minimum Gasteiger partial charge on any atom is -0.495 e. The number of hydrogen-bond donors (Lipinski definition) is 1. The molecule has 1 aliphatic rings. The molecular weight excluding hydrogens is 248 g/mol. The van der Waals surface area contributed by atoms with E-state index in [1.807, 2.05) is 0 Å². The zero-order valence-corrected chi connectivity index (χ0v) is 11.1. The molecule has 19 heavy (non-hydrogen) atoms. The van der Waals surface area contributed by atoms with Crippen LogP contribution in [0.15, 0.2) is 18.2 Å². The normalized spacial score (nSPS) is 15.9. The topological polar surface area (TPSA) is 73.6 Å². The number of methoxy groups -OCH3 is 2. The van der Waals surface area contributed by atoms with E-state index in [-0.39, 0.29) is 11.7 Å². The molecule has 1 unspecified atom stereocenters. The van der Waals surface area contributed by atoms with E-state index >= 15 is 0 Å². The Balaban J connectivity index is 2.20. The highest BCUT2D eigenvalue weighted by Crippen LogP contribution is 2.37. The fourth-order valence-corrected chi connectivity index (χ4v) is 2.10. The van der Waals surface area contributed by atoms with Gasteiger partial charge < -0.3 is 14.8 Å². The minimum absolute atomic E-state index is 0.0512. The molecule has 104 valence electrons. The quantitative estimate of drug-likeness (QED) is 0.606. The van der Waals surface area contributed by atoms with Crippen LogP contribution in [0.3, 0.4) is 0 Å². The predicted molar refractivity (Wildman–Crippen MR) is 71.7 cm³/mol. The first-order valence-electron chi connectivity index (χ1n) is 6.23. The van der Waals surface area contributed by atoms with Crippen molar-refractivity contribution in [3.63, 3.8) is 0 Å². The van der Waals surface area contributed by atoms with Gasteiger partial charge in [-0.15, -0.1) is 0 Å². The van der Waals surface area contributed by atoms with E-state index in [9.17, 15) is 10.1 Å². The first kappa shape index (κ1) is 13.6. The average Bonchev–Trinajstić information content (AvgIpc) is 3.22. The highest BCUT2D eigenvalue weighted by molar-refractivity contribution is 5.62. The summed E-state index contributed by atoms with van der Waals surface area (Å²) in [7, 11) is 3.20. The van der Waals surface area contributed by atoms with Crippen LogP contribution in [0.2, 0.25) is 0 Å². The molecule has 2 rings (SSSR count). The number of rotatable bonds is 7. The zero-order valence-electron chi connectivity index (χ0n) is 11.1. The average molecular weight is 266 g/mol. The molecule has 0 spiro atoms. The van der Waals surface area contributed by atoms with Crippen molar-refractivity contribution in [1.82, 2.24) is 0 Å². The molecule has 1 atom stereocenters. The van der Waals surface area contributed by atoms with Crippen LogP contribution < -0.4 is 10.1 Å². The third kappa shape index (κ3) is 3.35. The Kier molecular flexibility index (Phi) is 4.21. The SMILES string of the molecule is COCC(Nc1cc([N+](=O)[O-])ccc1OC)C1CC1. The molecule has 1 saturated carbocycles. The summed E-state index contributed by atoms with van der Waals surface area (Å²) in [5.74, 6) is 1.18. The monoisotopic (exact) mass is 266 g/mol. The van der Waals surface area contributed by atoms with Gasteiger partial charge >= 0.3 is 0 Å². The molecule has 0 bridgehead atoms. The van der Waals surface area contributed by atoms with E-state index in [1.165, 1.54) is 12.1 Å². The standard InChI is InChI=1S/C13H18N2O4/c1-18-8-12(9-3-4-9)14-11-7-10(15(16)17)5-6-13(11)19-2/h5-7,9,12,14H,3-4,8H2,1-2H3. The van der Waals surface area contributed by atoms with Gasteiger partial charge in [0.05, 0.1) is 30.4 Å². The zero-order chi connectivity index (χ0) is 13.8. The third-order valence-corrected chi connectivity index (χ3v) is 3.27. The molecule has 0 heterocycles. The summed E-state index contributed by atoms with van der Waals surface area (Å²) in [6, 6.07) is 4.72. The van der Waals surface area contributed by atoms with Crippen LogP contribution in [0.4, 0.5) is 11.4 Å². The van der Waals surface area contributed by atoms with Crippen LogP contribution in [0.5, 0.6) is 5.75 Å². The second kappa shape index (κ2) is 5.88. The molecule has 0 amide bonds. The Labute approximate surface area is 111 Å². The number of anilines is 1. The summed E-state index contributed by atoms with van der Waals surface area (Å²) in [6.45, 7) is 0.580. The molecule has 1 N–H and O–H groups in total. The molecule has 0 aromatic heterocycles. The Bertz CT molecular complexity index is 460. The summed E-state index contributed by atoms with van der Waals surface area (Å²) in [5.41, 5.74) is 0.695. The van der Waals surface area contributed by atoms with E-state index in [1.54, 1.807) is 20.3 Å². The van der Waals surface area contributed by atoms with E-state index in [0.29, 0.717) is 24.0 Å². The third-order valence-electron chi connectivity index (χ3n) is 3.27. The number of ether oxygens (including phenoxy) is 2. The van der Waals surface area contributed by atoms with Gasteiger partial charge in [-0.25, -0.2) is 0 Å². The largest absolute Gasteiger partial charge is 0.495 e. The fourth-order valence-electron chi connectivity index (χ4n) is 2.10. The number of nitrogens with zero attached hydrogens (tertiary/aromatic N) is 1. The lowest BCUT2D eigenvalue weighted by Gasteiger charge is -2.20. The van der Waals surface area contributed by atoms with Crippen LogP contribution >= 0.6 is 0 Å². The Morgan fingerprint density at radius 3 is 2.74 bits per heavy atom. The number of hydrogen-bond acceptors (Lipinski definition) is 5. The van der Waals surface area contributed by atoms with Gasteiger partial charge in [0.15, 0.2) is 0 Å². The van der Waals surface area contributed by atoms with Crippen LogP contribution in [0.25, 0.3) is 0 Å². The number of nitrogens with one attached hydrogen (secondary N) is 1. The van der Waals surface area contributed by atoms with E-state index < -0.39 is 4.92 Å². The van der Waals surface area contributed by atoms with Crippen LogP contribution in [-0.2, 0) is 4.74 Å². The van der Waals surface area contributed by atoms with Crippen molar-refractivity contribution in [3.8, 4) is 5.75 Å². The van der Waals surface area contributed by atoms with E-state index in [4.69, 9.17) is 9.47 Å². The maximum atomic E-state index is 10.8. The molecule has 6 heteroatoms. The first-order valence-corrected chi connectivity index (χ1v) is 6.23. The second-order valence-electron chi connectivity index (χ2n) is 4.69. The Morgan fingerprint density at radius 1 is 1.47 bits per heavy atom. The Morgan fingerprint density at radius 2 is 2.21 bits per heavy atom. The van der Waals surface area contributed by atoms with Crippen LogP contribution in [0, 0.1) is 16.0 Å². The van der Waals surface area contributed by atoms with Gasteiger partial charge in [-0.05, 0) is 24.8 Å². The molecule has 0 saturated heterocycles. The van der Waals surface area contributed by atoms with Crippen LogP contribution in [0.1, 0.15) is 12.8 Å². The van der Waals surface area contributed by atoms with Crippen molar-refractivity contribution in [2.24, 2.45) is 5.92 Å². The maximum absolute atomic E-state index is 10.8. The lowest BCUT2D eigenvalue weighted by molar-refractivity contribution is -0.384. The summed E-state index contributed by atoms with van der Waals surface area (Å²) in [4.78, 5) is 10.4. The lowest BCUT2D eigenvalue weighted by Crippen LogP contribution is -2.27. The smallest absolute Gasteiger partial charge is 0.271 e. The van der Waals surface area contributed by atoms with Gasteiger partial charge in [0.2, 0.25) is 0 Å². The van der Waals surface area contributed by atoms with Crippen molar-refractivity contribution >= 4 is 11.4 Å². The van der Waals surface area contributed by atoms with E-state index in [2.05, 4.69) is 5.32 Å². The highest BCUT2D eigenvalue weighted by atomic mass is 16.6. The van der Waals surface area contributed by atoms with Crippen molar-refractivity contribution in [1.29, 1.82) is 0 Å². The summed E-state index contributed by atoms with van der Waals surface area (Å²) in [5, 5.41) is 14.1. The summed E-state index contributed by atoms with van der Waals surface area (Å²) >= 11 is 0. The van der Waals surface area contributed by atoms with Gasteiger partial charge in [-0.3, -0.25) is 10.1 Å². The van der Waals surface area contributed by atoms with Crippen molar-refractivity contribution < 1.29 is 14.4 Å². The minimum atomic E-state index is -0.410. The van der Waals surface area contributed by atoms with Crippen LogP contribution in [-0.4, -0.2) is 31.8 Å². The molecule has 1 aromatic rings. The molecule has 0 radical (unpaired) electrons. The maximum Gasteiger partial charge on any atom is 0.271 e. The molecule has 1 aliphatic carbocycles. The fraction of sp³-hybridized carbons (Fsp3) is 0.538. The van der Waals surface area contributed by atoms with Gasteiger partial charge in [-0.1, -0.05) is 0 Å². The molecule has 1 aromatic carbocycles. The first-order chi connectivity index (χ1) is 9.15. The number of nitro groups is 1. The van der Waals surface area contributed by atoms with Crippen molar-refractivity contribution in [2.75, 3.05) is 26.1 Å². The Hall–Kier alpha value is -1.82. The molecule has 1 fully saturated rings. The van der Waals surface area contributed by atoms with Gasteiger partial charge in [0.25, 0.3) is 5.69 Å². The number of benzene rings is 1.